The van der Waals surface area contributed by atoms with Gasteiger partial charge < -0.3 is 42.5 Å². The number of amides is 5. The summed E-state index contributed by atoms with van der Waals surface area (Å²) in [5, 5.41) is 41.0. The van der Waals surface area contributed by atoms with E-state index < -0.39 is 78.7 Å². The SMILES string of the molecule is C#Cc1cnn(C2CCC(N3CC(NC(=C)CNC(=O)c4cccc(C(F)(F)F)c4)C3)CC2)c1.C=C(CNC(=O)c1cccc(C(F)(F)F)c1)NC1CN(C2CCC(n3cc(C#C[Si](C)(C)C)cn3)CC2)C1.C=C(CNC(=O)c1cccc(C(F)(F)F)c1)NC1CN(C2CCC(n3cc(I)cn3)CC2)C1.Cc1cnn(C2CCC(N3CC(NC(=O)CNC(=O)c4cccc(C(F)(F)F)c4)C3)CC2)c1. The Morgan fingerprint density at radius 3 is 0.928 bits per heavy atom. The van der Waals surface area contributed by atoms with Crippen molar-refractivity contribution in [3.63, 3.8) is 0 Å². The lowest BCUT2D eigenvalue weighted by Gasteiger charge is -2.47. The number of nitrogens with zero attached hydrogens (tertiary/aromatic N) is 12. The first-order chi connectivity index (χ1) is 65.5. The van der Waals surface area contributed by atoms with E-state index in [-0.39, 0.29) is 78.5 Å². The van der Waals surface area contributed by atoms with Crippen molar-refractivity contribution in [1.82, 2.24) is 101 Å². The molecule has 0 atom stereocenters. The minimum absolute atomic E-state index is 0.0205. The first kappa shape index (κ1) is 104. The van der Waals surface area contributed by atoms with E-state index in [4.69, 9.17) is 6.42 Å². The van der Waals surface area contributed by atoms with Crippen LogP contribution in [0.2, 0.25) is 19.6 Å². The Bertz CT molecular complexity index is 5470. The summed E-state index contributed by atoms with van der Waals surface area (Å²) in [6, 6.07) is 22.1. The highest BCUT2D eigenvalue weighted by Gasteiger charge is 2.42. The fourth-order valence-corrected chi connectivity index (χ4v) is 19.7. The van der Waals surface area contributed by atoms with E-state index in [1.54, 1.807) is 6.20 Å². The lowest BCUT2D eigenvalue weighted by molar-refractivity contribution is -0.138. The van der Waals surface area contributed by atoms with Gasteiger partial charge in [-0.15, -0.1) is 12.0 Å². The van der Waals surface area contributed by atoms with Crippen molar-refractivity contribution < 1.29 is 76.7 Å². The number of nitrogens with one attached hydrogen (secondary N) is 8. The quantitative estimate of drug-likeness (QED) is 0.0103. The molecule has 4 aliphatic heterocycles. The van der Waals surface area contributed by atoms with Crippen molar-refractivity contribution in [3.8, 4) is 23.8 Å². The van der Waals surface area contributed by atoms with E-state index >= 15 is 0 Å². The van der Waals surface area contributed by atoms with E-state index in [2.05, 4.69) is 195 Å². The first-order valence-corrected chi connectivity index (χ1v) is 51.2. The van der Waals surface area contributed by atoms with E-state index in [0.717, 1.165) is 218 Å². The summed E-state index contributed by atoms with van der Waals surface area (Å²) >= 11 is 2.28. The third-order valence-corrected chi connectivity index (χ3v) is 27.7. The second-order valence-corrected chi connectivity index (χ2v) is 44.0. The third-order valence-electron chi connectivity index (χ3n) is 26.3. The number of aromatic nitrogens is 8. The smallest absolute Gasteiger partial charge is 0.382 e. The normalized spacial score (nSPS) is 21.4. The zero-order valence-electron chi connectivity index (χ0n) is 77.6. The summed E-state index contributed by atoms with van der Waals surface area (Å²) in [5.41, 5.74) is 4.68. The van der Waals surface area contributed by atoms with Crippen LogP contribution in [0.4, 0.5) is 52.7 Å². The van der Waals surface area contributed by atoms with E-state index in [0.29, 0.717) is 65.4 Å². The molecule has 8 heterocycles. The number of alkyl halides is 12. The first-order valence-electron chi connectivity index (χ1n) is 46.7. The lowest BCUT2D eigenvalue weighted by atomic mass is 9.88. The number of halogens is 13. The van der Waals surface area contributed by atoms with Crippen LogP contribution in [0, 0.1) is 34.3 Å². The Hall–Kier alpha value is -11.2. The molecule has 0 radical (unpaired) electrons. The van der Waals surface area contributed by atoms with Crippen LogP contribution in [0.5, 0.6) is 0 Å². The molecule has 25 nitrogen and oxygen atoms in total. The maximum atomic E-state index is 12.9. The van der Waals surface area contributed by atoms with Crippen molar-refractivity contribution in [2.24, 2.45) is 0 Å². The average molecular weight is 2050 g/mol. The molecule has 4 saturated heterocycles. The largest absolute Gasteiger partial charge is 0.416 e. The minimum atomic E-state index is -4.53. The molecule has 4 aromatic heterocycles. The van der Waals surface area contributed by atoms with Gasteiger partial charge in [-0.1, -0.05) is 75.5 Å². The van der Waals surface area contributed by atoms with Crippen LogP contribution in [0.3, 0.4) is 0 Å². The van der Waals surface area contributed by atoms with Gasteiger partial charge in [0.2, 0.25) is 5.91 Å². The van der Waals surface area contributed by atoms with Crippen molar-refractivity contribution in [3.05, 3.63) is 248 Å². The van der Waals surface area contributed by atoms with E-state index in [9.17, 15) is 76.7 Å². The Morgan fingerprint density at radius 1 is 0.384 bits per heavy atom. The van der Waals surface area contributed by atoms with Crippen LogP contribution < -0.4 is 42.5 Å². The van der Waals surface area contributed by atoms with E-state index in [1.807, 2.05) is 36.4 Å². The number of hydrogen-bond acceptors (Lipinski definition) is 16. The number of likely N-dealkylation sites (tertiary alicyclic amines) is 4. The number of carbonyl (C=O) groups is 5. The average Bonchev–Trinajstić information content (AvgIpc) is 1.63. The predicted octanol–water partition coefficient (Wildman–Crippen LogP) is 15.5. The van der Waals surface area contributed by atoms with Gasteiger partial charge in [0.1, 0.15) is 8.07 Å². The van der Waals surface area contributed by atoms with Crippen molar-refractivity contribution in [1.29, 1.82) is 0 Å². The van der Waals surface area contributed by atoms with Gasteiger partial charge in [-0.05, 0) is 211 Å². The molecule has 0 bridgehead atoms. The summed E-state index contributed by atoms with van der Waals surface area (Å²) in [5.74, 6) is 3.16. The van der Waals surface area contributed by atoms with Crippen LogP contribution in [-0.4, -0.2) is 223 Å². The molecule has 740 valence electrons. The Kier molecular flexibility index (Phi) is 34.9. The van der Waals surface area contributed by atoms with Crippen LogP contribution >= 0.6 is 22.6 Å². The van der Waals surface area contributed by atoms with Gasteiger partial charge in [-0.3, -0.25) is 62.3 Å². The molecular weight excluding hydrogens is 1930 g/mol. The molecule has 4 aromatic carbocycles. The number of benzene rings is 4. The molecule has 39 heteroatoms. The minimum Gasteiger partial charge on any atom is -0.382 e. The zero-order chi connectivity index (χ0) is 99.0. The second-order valence-electron chi connectivity index (χ2n) is 38.0. The zero-order valence-corrected chi connectivity index (χ0v) is 80.8. The van der Waals surface area contributed by atoms with Crippen molar-refractivity contribution in [2.45, 2.75) is 227 Å². The Labute approximate surface area is 810 Å². The molecule has 8 aromatic rings. The van der Waals surface area contributed by atoms with Crippen LogP contribution in [-0.2, 0) is 29.5 Å². The summed E-state index contributed by atoms with van der Waals surface area (Å²) in [4.78, 5) is 70.8. The van der Waals surface area contributed by atoms with Gasteiger partial charge in [0.05, 0.1) is 136 Å². The molecule has 4 saturated carbocycles. The van der Waals surface area contributed by atoms with Crippen molar-refractivity contribution >= 4 is 60.2 Å². The maximum absolute atomic E-state index is 12.9. The molecule has 4 aliphatic carbocycles. The van der Waals surface area contributed by atoms with Gasteiger partial charge in [0.25, 0.3) is 23.6 Å². The number of hydrogen-bond donors (Lipinski definition) is 8. The summed E-state index contributed by atoms with van der Waals surface area (Å²) in [6.07, 6.45) is 20.8. The van der Waals surface area contributed by atoms with Gasteiger partial charge in [0.15, 0.2) is 0 Å². The van der Waals surface area contributed by atoms with E-state index in [1.165, 1.54) is 54.1 Å². The van der Waals surface area contributed by atoms with Crippen LogP contribution in [0.15, 0.2) is 183 Å². The Balaban J connectivity index is 0.000000156. The van der Waals surface area contributed by atoms with Gasteiger partial charge in [-0.25, -0.2) is 0 Å². The standard InChI is InChI=1S/C28H36F3N5OSi.C25H28F3N5O.C23H27F3IN5O.C23H28F3N5O2/c1-20(15-32-27(37)22-6-5-7-23(14-22)28(29,30)31)34-24-18-35(19-24)25-8-10-26(11-9-25)36-17-21(16-33-36)12-13-38(2,3)4;1-3-18-13-30-33(14-18)23-9-7-22(8-10-23)32-15-21(16-32)31-17(2)12-29-24(34)19-5-4-6-20(11-19)25(26,27)28;1-15(10-28-22(33)16-3-2-4-17(9-16)23(24,25)26)30-19-13-31(14-19)20-5-7-21(8-6-20)32-12-18(27)11-29-32;1-15-10-28-31(12-15)20-7-5-19(6-8-20)30-13-18(14-30)29-21(32)11-27-22(33)16-3-2-4-17(9-16)23(24,25)26/h5-7,14,16-17,24-26,34H,1,8-11,15,18-19H2,2-4H3,(H,32,37);1,4-6,11,13-14,21-23,31H,2,7-10,12,15-16H2,(H,29,34);2-4,9,11-12,19-21,30H,1,5-8,10,13-14H2,(H,28,33);2-4,9-10,12,18-20H,5-8,11,13-14H2,1H3,(H,27,33)(H,29,32). The highest BCUT2D eigenvalue weighted by molar-refractivity contribution is 14.1. The lowest BCUT2D eigenvalue weighted by Crippen LogP contribution is -2.63. The molecule has 16 rings (SSSR count). The third kappa shape index (κ3) is 29.9. The highest BCUT2D eigenvalue weighted by atomic mass is 127. The highest BCUT2D eigenvalue weighted by Crippen LogP contribution is 2.40. The van der Waals surface area contributed by atoms with Crippen molar-refractivity contribution in [2.75, 3.05) is 78.5 Å². The summed E-state index contributed by atoms with van der Waals surface area (Å²) in [6.45, 7) is 27.8. The molecule has 138 heavy (non-hydrogen) atoms. The monoisotopic (exact) mass is 2050 g/mol. The van der Waals surface area contributed by atoms with Crippen LogP contribution in [0.25, 0.3) is 0 Å². The predicted molar refractivity (Wildman–Crippen MR) is 511 cm³/mol. The molecule has 5 amide bonds. The molecular formula is C99H119F12IN20O5Si. The summed E-state index contributed by atoms with van der Waals surface area (Å²) < 4.78 is 163. The van der Waals surface area contributed by atoms with Crippen LogP contribution in [0.1, 0.15) is 207 Å². The number of carbonyl (C=O) groups excluding carboxylic acids is 5. The van der Waals surface area contributed by atoms with Gasteiger partial charge >= 0.3 is 24.7 Å². The molecule has 8 fully saturated rings. The topological polar surface area (TPSA) is 266 Å². The number of aryl methyl sites for hydroxylation is 1. The number of rotatable bonds is 27. The van der Waals surface area contributed by atoms with Gasteiger partial charge in [-0.2, -0.15) is 73.1 Å². The molecule has 8 N–H and O–H groups in total. The Morgan fingerprint density at radius 2 is 0.652 bits per heavy atom. The fraction of sp³-hybridized carbons (Fsp3) is 0.485. The number of terminal acetylenes is 1. The molecule has 8 aliphatic rings. The maximum Gasteiger partial charge on any atom is 0.416 e. The molecule has 0 unspecified atom stereocenters. The summed E-state index contributed by atoms with van der Waals surface area (Å²) in [7, 11) is -1.40. The van der Waals surface area contributed by atoms with Gasteiger partial charge in [0, 0.05) is 141 Å². The fourth-order valence-electron chi connectivity index (χ4n) is 18.8. The second kappa shape index (κ2) is 46.2. The molecule has 0 spiro atoms.